The van der Waals surface area contributed by atoms with Gasteiger partial charge in [0.15, 0.2) is 0 Å². The van der Waals surface area contributed by atoms with Gasteiger partial charge in [-0.15, -0.1) is 5.10 Å². The van der Waals surface area contributed by atoms with Gasteiger partial charge in [-0.05, 0) is 23.8 Å². The third kappa shape index (κ3) is 1.73. The van der Waals surface area contributed by atoms with Crippen molar-refractivity contribution in [3.05, 3.63) is 35.8 Å². The van der Waals surface area contributed by atoms with Gasteiger partial charge in [-0.25, -0.2) is 9.07 Å². The highest BCUT2D eigenvalue weighted by Gasteiger charge is 2.09. The SMILES string of the molecule is Cn1nncc1-c1ccc(F)cc1CN. The van der Waals surface area contributed by atoms with Gasteiger partial charge in [-0.2, -0.15) is 0 Å². The van der Waals surface area contributed by atoms with Crippen LogP contribution in [0.2, 0.25) is 0 Å². The second kappa shape index (κ2) is 3.78. The number of nitrogens with two attached hydrogens (primary N) is 1. The molecule has 0 spiro atoms. The first-order valence-corrected chi connectivity index (χ1v) is 4.56. The van der Waals surface area contributed by atoms with Crippen molar-refractivity contribution in [2.75, 3.05) is 0 Å². The van der Waals surface area contributed by atoms with Crippen molar-refractivity contribution in [1.82, 2.24) is 15.0 Å². The van der Waals surface area contributed by atoms with Crippen LogP contribution in [0.4, 0.5) is 4.39 Å². The minimum absolute atomic E-state index is 0.283. The summed E-state index contributed by atoms with van der Waals surface area (Å²) in [4.78, 5) is 0. The summed E-state index contributed by atoms with van der Waals surface area (Å²) >= 11 is 0. The number of aryl methyl sites for hydroxylation is 1. The Kier molecular flexibility index (Phi) is 2.47. The second-order valence-electron chi connectivity index (χ2n) is 3.25. The molecule has 1 heterocycles. The fraction of sp³-hybridized carbons (Fsp3) is 0.200. The fourth-order valence-electron chi connectivity index (χ4n) is 1.51. The van der Waals surface area contributed by atoms with Gasteiger partial charge in [-0.3, -0.25) is 0 Å². The molecule has 15 heavy (non-hydrogen) atoms. The Morgan fingerprint density at radius 2 is 2.27 bits per heavy atom. The van der Waals surface area contributed by atoms with Gasteiger partial charge in [0.05, 0.1) is 11.9 Å². The van der Waals surface area contributed by atoms with Crippen molar-refractivity contribution in [1.29, 1.82) is 0 Å². The van der Waals surface area contributed by atoms with Gasteiger partial charge in [0, 0.05) is 19.2 Å². The molecular weight excluding hydrogens is 195 g/mol. The molecule has 5 heteroatoms. The largest absolute Gasteiger partial charge is 0.326 e. The van der Waals surface area contributed by atoms with E-state index in [9.17, 15) is 4.39 Å². The first-order chi connectivity index (χ1) is 7.22. The van der Waals surface area contributed by atoms with Crippen molar-refractivity contribution in [2.45, 2.75) is 6.54 Å². The first-order valence-electron chi connectivity index (χ1n) is 4.56. The molecule has 0 aliphatic rings. The maximum Gasteiger partial charge on any atom is 0.123 e. The van der Waals surface area contributed by atoms with E-state index in [4.69, 9.17) is 5.73 Å². The molecule has 0 saturated carbocycles. The molecule has 0 atom stereocenters. The molecule has 2 N–H and O–H groups in total. The van der Waals surface area contributed by atoms with Crippen LogP contribution < -0.4 is 5.73 Å². The van der Waals surface area contributed by atoms with E-state index >= 15 is 0 Å². The fourth-order valence-corrected chi connectivity index (χ4v) is 1.51. The lowest BCUT2D eigenvalue weighted by molar-refractivity contribution is 0.625. The molecule has 0 aliphatic carbocycles. The predicted molar refractivity (Wildman–Crippen MR) is 54.3 cm³/mol. The lowest BCUT2D eigenvalue weighted by atomic mass is 10.0. The highest BCUT2D eigenvalue weighted by molar-refractivity contribution is 5.63. The molecular formula is C10H11FN4. The van der Waals surface area contributed by atoms with Gasteiger partial charge in [0.1, 0.15) is 5.82 Å². The third-order valence-corrected chi connectivity index (χ3v) is 2.28. The van der Waals surface area contributed by atoms with Gasteiger partial charge >= 0.3 is 0 Å². The standard InChI is InChI=1S/C10H11FN4/c1-15-10(6-13-14-15)9-3-2-8(11)4-7(9)5-12/h2-4,6H,5,12H2,1H3. The highest BCUT2D eigenvalue weighted by atomic mass is 19.1. The minimum Gasteiger partial charge on any atom is -0.326 e. The van der Waals surface area contributed by atoms with Crippen LogP contribution in [0.15, 0.2) is 24.4 Å². The monoisotopic (exact) mass is 206 g/mol. The van der Waals surface area contributed by atoms with Gasteiger partial charge in [-0.1, -0.05) is 5.21 Å². The molecule has 0 amide bonds. The van der Waals surface area contributed by atoms with Crippen LogP contribution in [0.25, 0.3) is 11.3 Å². The number of benzene rings is 1. The van der Waals surface area contributed by atoms with Gasteiger partial charge in [0.25, 0.3) is 0 Å². The maximum absolute atomic E-state index is 13.0. The Hall–Kier alpha value is -1.75. The van der Waals surface area contributed by atoms with Crippen LogP contribution >= 0.6 is 0 Å². The summed E-state index contributed by atoms with van der Waals surface area (Å²) < 4.78 is 14.6. The van der Waals surface area contributed by atoms with Gasteiger partial charge < -0.3 is 5.73 Å². The predicted octanol–water partition coefficient (Wildman–Crippen LogP) is 1.08. The van der Waals surface area contributed by atoms with E-state index in [-0.39, 0.29) is 12.4 Å². The van der Waals surface area contributed by atoms with Crippen molar-refractivity contribution >= 4 is 0 Å². The smallest absolute Gasteiger partial charge is 0.123 e. The average Bonchev–Trinajstić information content (AvgIpc) is 2.64. The molecule has 2 rings (SSSR count). The highest BCUT2D eigenvalue weighted by Crippen LogP contribution is 2.22. The summed E-state index contributed by atoms with van der Waals surface area (Å²) in [6.45, 7) is 0.290. The zero-order chi connectivity index (χ0) is 10.8. The summed E-state index contributed by atoms with van der Waals surface area (Å²) in [7, 11) is 1.78. The van der Waals surface area contributed by atoms with E-state index in [1.807, 2.05) is 0 Å². The van der Waals surface area contributed by atoms with Crippen molar-refractivity contribution in [2.24, 2.45) is 12.8 Å². The number of halogens is 1. The van der Waals surface area contributed by atoms with Crippen molar-refractivity contribution in [3.63, 3.8) is 0 Å². The van der Waals surface area contributed by atoms with Crippen LogP contribution in [0.3, 0.4) is 0 Å². The normalized spacial score (nSPS) is 10.6. The van der Waals surface area contributed by atoms with Gasteiger partial charge in [0.2, 0.25) is 0 Å². The van der Waals surface area contributed by atoms with E-state index in [0.29, 0.717) is 0 Å². The minimum atomic E-state index is -0.283. The summed E-state index contributed by atoms with van der Waals surface area (Å²) in [6, 6.07) is 4.53. The zero-order valence-electron chi connectivity index (χ0n) is 8.31. The molecule has 2 aromatic rings. The van der Waals surface area contributed by atoms with E-state index in [0.717, 1.165) is 16.8 Å². The van der Waals surface area contributed by atoms with E-state index < -0.39 is 0 Å². The summed E-state index contributed by atoms with van der Waals surface area (Å²) in [5, 5.41) is 7.60. The molecule has 1 aromatic carbocycles. The second-order valence-corrected chi connectivity index (χ2v) is 3.25. The Morgan fingerprint density at radius 3 is 2.87 bits per heavy atom. The summed E-state index contributed by atoms with van der Waals surface area (Å²) in [6.07, 6.45) is 1.63. The lowest BCUT2D eigenvalue weighted by Crippen LogP contribution is -2.02. The molecule has 78 valence electrons. The van der Waals surface area contributed by atoms with Crippen LogP contribution in [0.1, 0.15) is 5.56 Å². The Morgan fingerprint density at radius 1 is 1.47 bits per heavy atom. The lowest BCUT2D eigenvalue weighted by Gasteiger charge is -2.07. The van der Waals surface area contributed by atoms with Crippen molar-refractivity contribution in [3.8, 4) is 11.3 Å². The molecule has 0 radical (unpaired) electrons. The molecule has 1 aromatic heterocycles. The van der Waals surface area contributed by atoms with Crippen molar-refractivity contribution < 1.29 is 4.39 Å². The third-order valence-electron chi connectivity index (χ3n) is 2.28. The average molecular weight is 206 g/mol. The zero-order valence-corrected chi connectivity index (χ0v) is 8.31. The Labute approximate surface area is 86.5 Å². The summed E-state index contributed by atoms with van der Waals surface area (Å²) in [5.41, 5.74) is 8.01. The molecule has 0 saturated heterocycles. The number of nitrogens with zero attached hydrogens (tertiary/aromatic N) is 3. The quantitative estimate of drug-likeness (QED) is 0.799. The topological polar surface area (TPSA) is 56.7 Å². The van der Waals surface area contributed by atoms with E-state index in [2.05, 4.69) is 10.3 Å². The number of hydrogen-bond acceptors (Lipinski definition) is 3. The van der Waals surface area contributed by atoms with E-state index in [1.165, 1.54) is 12.1 Å². The van der Waals surface area contributed by atoms with E-state index in [1.54, 1.807) is 24.0 Å². The molecule has 4 nitrogen and oxygen atoms in total. The van der Waals surface area contributed by atoms with Crippen LogP contribution in [-0.2, 0) is 13.6 Å². The molecule has 0 fully saturated rings. The Bertz CT molecular complexity index is 478. The van der Waals surface area contributed by atoms with Crippen LogP contribution in [0, 0.1) is 5.82 Å². The molecule has 0 aliphatic heterocycles. The molecule has 0 unspecified atom stereocenters. The Balaban J connectivity index is 2.58. The first kappa shape index (κ1) is 9.79. The van der Waals surface area contributed by atoms with Crippen LogP contribution in [0.5, 0.6) is 0 Å². The molecule has 0 bridgehead atoms. The van der Waals surface area contributed by atoms with Crippen LogP contribution in [-0.4, -0.2) is 15.0 Å². The summed E-state index contributed by atoms with van der Waals surface area (Å²) in [5.74, 6) is -0.283. The number of rotatable bonds is 2. The number of hydrogen-bond donors (Lipinski definition) is 1. The number of aromatic nitrogens is 3. The maximum atomic E-state index is 13.0.